The molecule has 2 nitrogen and oxygen atoms in total. The molecule has 0 saturated carbocycles. The van der Waals surface area contributed by atoms with E-state index in [9.17, 15) is 0 Å². The van der Waals surface area contributed by atoms with Crippen molar-refractivity contribution in [2.45, 2.75) is 18.8 Å². The van der Waals surface area contributed by atoms with Gasteiger partial charge in [-0.2, -0.15) is 0 Å². The van der Waals surface area contributed by atoms with Crippen molar-refractivity contribution in [2.75, 3.05) is 0 Å². The Morgan fingerprint density at radius 3 is 2.65 bits per heavy atom. The minimum absolute atomic E-state index is 0.108. The first-order chi connectivity index (χ1) is 9.65. The molecule has 2 aromatic carbocycles. The van der Waals surface area contributed by atoms with Crippen LogP contribution in [0.15, 0.2) is 48.5 Å². The van der Waals surface area contributed by atoms with E-state index in [1.807, 2.05) is 13.0 Å². The summed E-state index contributed by atoms with van der Waals surface area (Å²) in [7, 11) is 0. The highest BCUT2D eigenvalue weighted by Crippen LogP contribution is 2.26. The van der Waals surface area contributed by atoms with Gasteiger partial charge in [0.25, 0.3) is 0 Å². The summed E-state index contributed by atoms with van der Waals surface area (Å²) < 4.78 is 3.39. The molecule has 20 heavy (non-hydrogen) atoms. The Hall–Kier alpha value is -1.07. The molecule has 0 bridgehead atoms. The zero-order valence-electron chi connectivity index (χ0n) is 11.1. The lowest BCUT2D eigenvalue weighted by Gasteiger charge is -2.10. The molecular formula is C16H14ClIN2. The normalized spacial score (nSPS) is 12.8. The number of nitrogens with zero attached hydrogens (tertiary/aromatic N) is 2. The quantitative estimate of drug-likeness (QED) is 0.450. The highest BCUT2D eigenvalue weighted by Gasteiger charge is 2.15. The average molecular weight is 397 g/mol. The van der Waals surface area contributed by atoms with E-state index in [-0.39, 0.29) is 5.38 Å². The molecule has 1 heterocycles. The topological polar surface area (TPSA) is 17.8 Å². The van der Waals surface area contributed by atoms with Gasteiger partial charge in [0, 0.05) is 10.1 Å². The Kier molecular flexibility index (Phi) is 3.98. The highest BCUT2D eigenvalue weighted by atomic mass is 127. The van der Waals surface area contributed by atoms with Crippen LogP contribution >= 0.6 is 34.2 Å². The number of fused-ring (bicyclic) bond motifs is 1. The van der Waals surface area contributed by atoms with Gasteiger partial charge in [0.2, 0.25) is 0 Å². The van der Waals surface area contributed by atoms with Gasteiger partial charge in [-0.25, -0.2) is 4.98 Å². The van der Waals surface area contributed by atoms with Crippen LogP contribution in [-0.4, -0.2) is 9.55 Å². The van der Waals surface area contributed by atoms with Crippen molar-refractivity contribution in [3.63, 3.8) is 0 Å². The number of hydrogen-bond acceptors (Lipinski definition) is 1. The molecule has 0 aliphatic carbocycles. The fourth-order valence-corrected chi connectivity index (χ4v) is 3.00. The molecule has 0 aliphatic heterocycles. The summed E-state index contributed by atoms with van der Waals surface area (Å²) in [5.41, 5.74) is 3.40. The fraction of sp³-hybridized carbons (Fsp3) is 0.188. The van der Waals surface area contributed by atoms with Gasteiger partial charge in [-0.05, 0) is 53.3 Å². The van der Waals surface area contributed by atoms with Crippen LogP contribution < -0.4 is 0 Å². The van der Waals surface area contributed by atoms with Gasteiger partial charge in [0.05, 0.1) is 16.4 Å². The number of halogens is 2. The predicted octanol–water partition coefficient (Wildman–Crippen LogP) is 4.99. The summed E-state index contributed by atoms with van der Waals surface area (Å²) >= 11 is 8.61. The van der Waals surface area contributed by atoms with Crippen LogP contribution in [0.25, 0.3) is 11.0 Å². The summed E-state index contributed by atoms with van der Waals surface area (Å²) in [6.45, 7) is 2.76. The molecule has 3 rings (SSSR count). The van der Waals surface area contributed by atoms with E-state index >= 15 is 0 Å². The van der Waals surface area contributed by atoms with Crippen LogP contribution in [0.2, 0.25) is 0 Å². The van der Waals surface area contributed by atoms with E-state index in [1.54, 1.807) is 0 Å². The molecule has 1 unspecified atom stereocenters. The maximum absolute atomic E-state index is 6.30. The molecule has 3 aromatic rings. The highest BCUT2D eigenvalue weighted by molar-refractivity contribution is 14.1. The van der Waals surface area contributed by atoms with Crippen molar-refractivity contribution < 1.29 is 0 Å². The van der Waals surface area contributed by atoms with Crippen LogP contribution in [0.1, 0.15) is 23.7 Å². The van der Waals surface area contributed by atoms with Crippen LogP contribution in [0, 0.1) is 3.57 Å². The van der Waals surface area contributed by atoms with E-state index in [0.29, 0.717) is 0 Å². The summed E-state index contributed by atoms with van der Waals surface area (Å²) in [5.74, 6) is 0.924. The molecular weight excluding hydrogens is 383 g/mol. The number of benzene rings is 2. The first kappa shape index (κ1) is 13.9. The standard InChI is InChI=1S/C16H14ClIN2/c1-11(17)16-19-14-9-13(18)7-8-15(14)20(16)10-12-5-3-2-4-6-12/h2-9,11H,10H2,1H3. The second kappa shape index (κ2) is 5.74. The number of aromatic nitrogens is 2. The Bertz CT molecular complexity index is 735. The molecule has 0 saturated heterocycles. The third-order valence-electron chi connectivity index (χ3n) is 3.28. The number of rotatable bonds is 3. The van der Waals surface area contributed by atoms with Crippen molar-refractivity contribution in [2.24, 2.45) is 0 Å². The summed E-state index contributed by atoms with van der Waals surface area (Å²) in [5, 5.41) is -0.108. The zero-order chi connectivity index (χ0) is 14.1. The van der Waals surface area contributed by atoms with Crippen molar-refractivity contribution in [3.05, 3.63) is 63.5 Å². The van der Waals surface area contributed by atoms with Crippen molar-refractivity contribution in [3.8, 4) is 0 Å². The van der Waals surface area contributed by atoms with Gasteiger partial charge in [-0.3, -0.25) is 0 Å². The third kappa shape index (κ3) is 2.69. The van der Waals surface area contributed by atoms with E-state index in [0.717, 1.165) is 23.4 Å². The SMILES string of the molecule is CC(Cl)c1nc2cc(I)ccc2n1Cc1ccccc1. The van der Waals surface area contributed by atoms with Gasteiger partial charge in [-0.1, -0.05) is 30.3 Å². The summed E-state index contributed by atoms with van der Waals surface area (Å²) in [6.07, 6.45) is 0. The Balaban J connectivity index is 2.14. The molecule has 1 aromatic heterocycles. The van der Waals surface area contributed by atoms with E-state index in [2.05, 4.69) is 69.6 Å². The fourth-order valence-electron chi connectivity index (χ4n) is 2.36. The number of alkyl halides is 1. The van der Waals surface area contributed by atoms with Crippen LogP contribution in [0.5, 0.6) is 0 Å². The molecule has 0 N–H and O–H groups in total. The molecule has 4 heteroatoms. The minimum Gasteiger partial charge on any atom is -0.322 e. The zero-order valence-corrected chi connectivity index (χ0v) is 14.0. The summed E-state index contributed by atoms with van der Waals surface area (Å²) in [4.78, 5) is 4.70. The lowest BCUT2D eigenvalue weighted by Crippen LogP contribution is -2.05. The second-order valence-corrected chi connectivity index (χ2v) is 6.69. The smallest absolute Gasteiger partial charge is 0.128 e. The van der Waals surface area contributed by atoms with Gasteiger partial charge < -0.3 is 4.57 Å². The first-order valence-electron chi connectivity index (χ1n) is 6.49. The average Bonchev–Trinajstić information content (AvgIpc) is 2.78. The molecule has 1 atom stereocenters. The summed E-state index contributed by atoms with van der Waals surface area (Å²) in [6, 6.07) is 16.7. The van der Waals surface area contributed by atoms with E-state index in [4.69, 9.17) is 16.6 Å². The van der Waals surface area contributed by atoms with Gasteiger partial charge in [0.1, 0.15) is 5.82 Å². The van der Waals surface area contributed by atoms with Gasteiger partial charge in [-0.15, -0.1) is 11.6 Å². The van der Waals surface area contributed by atoms with Gasteiger partial charge >= 0.3 is 0 Å². The number of hydrogen-bond donors (Lipinski definition) is 0. The predicted molar refractivity (Wildman–Crippen MR) is 92.3 cm³/mol. The molecule has 0 amide bonds. The van der Waals surface area contributed by atoms with Crippen molar-refractivity contribution in [1.82, 2.24) is 9.55 Å². The van der Waals surface area contributed by atoms with Crippen molar-refractivity contribution in [1.29, 1.82) is 0 Å². The minimum atomic E-state index is -0.108. The maximum atomic E-state index is 6.30. The van der Waals surface area contributed by atoms with Crippen LogP contribution in [0.3, 0.4) is 0 Å². The second-order valence-electron chi connectivity index (χ2n) is 4.79. The Morgan fingerprint density at radius 2 is 1.95 bits per heavy atom. The molecule has 102 valence electrons. The van der Waals surface area contributed by atoms with Gasteiger partial charge in [0.15, 0.2) is 0 Å². The molecule has 0 spiro atoms. The molecule has 0 radical (unpaired) electrons. The molecule has 0 aliphatic rings. The first-order valence-corrected chi connectivity index (χ1v) is 8.00. The monoisotopic (exact) mass is 396 g/mol. The lowest BCUT2D eigenvalue weighted by molar-refractivity contribution is 0.742. The van der Waals surface area contributed by atoms with Crippen LogP contribution in [0.4, 0.5) is 0 Å². The maximum Gasteiger partial charge on any atom is 0.128 e. The Morgan fingerprint density at radius 1 is 1.20 bits per heavy atom. The lowest BCUT2D eigenvalue weighted by atomic mass is 10.2. The van der Waals surface area contributed by atoms with E-state index in [1.165, 1.54) is 9.13 Å². The largest absolute Gasteiger partial charge is 0.322 e. The van der Waals surface area contributed by atoms with Crippen LogP contribution in [-0.2, 0) is 6.54 Å². The van der Waals surface area contributed by atoms with Crippen molar-refractivity contribution >= 4 is 45.2 Å². The Labute approximate surface area is 136 Å². The number of imidazole rings is 1. The molecule has 0 fully saturated rings. The van der Waals surface area contributed by atoms with E-state index < -0.39 is 0 Å². The third-order valence-corrected chi connectivity index (χ3v) is 4.15.